The summed E-state index contributed by atoms with van der Waals surface area (Å²) in [5, 5.41) is 11.8. The van der Waals surface area contributed by atoms with Crippen LogP contribution >= 0.6 is 0 Å². The normalized spacial score (nSPS) is 43.1. The second kappa shape index (κ2) is 18.4. The van der Waals surface area contributed by atoms with Gasteiger partial charge in [-0.1, -0.05) is 0 Å². The predicted octanol–water partition coefficient (Wildman–Crippen LogP) is -1.28. The highest BCUT2D eigenvalue weighted by molar-refractivity contribution is 5.68. The number of rotatable bonds is 13. The van der Waals surface area contributed by atoms with Crippen molar-refractivity contribution in [3.63, 3.8) is 0 Å². The lowest BCUT2D eigenvalue weighted by Gasteiger charge is -2.42. The molecule has 338 valence electrons. The number of carbonyl (C=O) groups is 6. The lowest BCUT2D eigenvalue weighted by molar-refractivity contribution is -0.396. The average molecular weight is 867 g/mol. The van der Waals surface area contributed by atoms with Crippen LogP contribution in [0.15, 0.2) is 0 Å². The van der Waals surface area contributed by atoms with E-state index in [0.29, 0.717) is 0 Å². The number of ether oxygens (including phenoxy) is 17. The van der Waals surface area contributed by atoms with Crippen molar-refractivity contribution >= 4 is 35.8 Å². The largest absolute Gasteiger partial charge is 0.463 e. The first-order valence-electron chi connectivity index (χ1n) is 19.1. The Bertz CT molecular complexity index is 1630. The van der Waals surface area contributed by atoms with Gasteiger partial charge >= 0.3 is 35.8 Å². The fourth-order valence-electron chi connectivity index (χ4n) is 7.62. The fourth-order valence-corrected chi connectivity index (χ4v) is 7.62. The number of fused-ring (bicyclic) bond motifs is 3. The maximum atomic E-state index is 12.3. The van der Waals surface area contributed by atoms with E-state index >= 15 is 0 Å². The molecule has 24 heteroatoms. The summed E-state index contributed by atoms with van der Waals surface area (Å²) >= 11 is 0. The number of carbonyl (C=O) groups excluding carboxylic acids is 6. The second-order valence-electron chi connectivity index (χ2n) is 14.8. The van der Waals surface area contributed by atoms with Crippen LogP contribution in [0.4, 0.5) is 0 Å². The summed E-state index contributed by atoms with van der Waals surface area (Å²) in [5.74, 6) is -8.36. The van der Waals surface area contributed by atoms with Gasteiger partial charge in [-0.15, -0.1) is 0 Å². The van der Waals surface area contributed by atoms with Crippen molar-refractivity contribution in [2.24, 2.45) is 0 Å². The summed E-state index contributed by atoms with van der Waals surface area (Å²) in [7, 11) is 0. The molecule has 24 nitrogen and oxygen atoms in total. The molecule has 18 atom stereocenters. The van der Waals surface area contributed by atoms with Crippen molar-refractivity contribution < 1.29 is 114 Å². The average Bonchev–Trinajstić information content (AvgIpc) is 3.79. The SMILES string of the molecule is CC(=O)OCC1OC2OC(C)(OCC3OC4OC(C)OC4C(OC4(C)OC5OC(COC(C)=O)C(OC(C)=O)C(OC(C)=O)C5O4)C3O)OC2C(OC(C)=O)C1OC(C)=O. The highest BCUT2D eigenvalue weighted by Crippen LogP contribution is 2.44. The van der Waals surface area contributed by atoms with Crippen LogP contribution in [0.2, 0.25) is 0 Å². The standard InChI is InChI=1S/C36H50O24/c1-13(37)44-10-21-24(47-15(3)39)27(49-17(5)41)30-33(54-21)59-35(8,57-30)46-12-20-23(43)26(29-32(53-20)52-19(7)51-29)56-36(9)58-31-28(50-18(6)42)25(48-16(4)40)22(11-45-14(2)38)55-34(31)60-36/h19-34,43H,10-12H2,1-9H3. The zero-order chi connectivity index (χ0) is 43.8. The summed E-state index contributed by atoms with van der Waals surface area (Å²) in [6, 6.07) is 0. The molecule has 0 aliphatic carbocycles. The van der Waals surface area contributed by atoms with Gasteiger partial charge in [0.15, 0.2) is 61.8 Å². The summed E-state index contributed by atoms with van der Waals surface area (Å²) in [6.45, 7) is 9.89. The van der Waals surface area contributed by atoms with Crippen LogP contribution in [0.25, 0.3) is 0 Å². The Kier molecular flexibility index (Phi) is 14.0. The first-order valence-corrected chi connectivity index (χ1v) is 19.1. The van der Waals surface area contributed by atoms with Gasteiger partial charge in [-0.05, 0) is 6.92 Å². The van der Waals surface area contributed by atoms with Gasteiger partial charge in [-0.25, -0.2) is 0 Å². The lowest BCUT2D eigenvalue weighted by Crippen LogP contribution is -2.61. The zero-order valence-electron chi connectivity index (χ0n) is 34.2. The van der Waals surface area contributed by atoms with Gasteiger partial charge in [0.2, 0.25) is 0 Å². The number of hydrogen-bond acceptors (Lipinski definition) is 24. The Labute approximate surface area is 342 Å². The molecular weight excluding hydrogens is 816 g/mol. The third-order valence-electron chi connectivity index (χ3n) is 9.81. The maximum absolute atomic E-state index is 12.3. The molecule has 0 aromatic heterocycles. The van der Waals surface area contributed by atoms with Crippen molar-refractivity contribution in [1.29, 1.82) is 0 Å². The predicted molar refractivity (Wildman–Crippen MR) is 182 cm³/mol. The topological polar surface area (TPSA) is 280 Å². The Morgan fingerprint density at radius 1 is 0.483 bits per heavy atom. The minimum Gasteiger partial charge on any atom is -0.463 e. The summed E-state index contributed by atoms with van der Waals surface area (Å²) in [6.07, 6.45) is -19.9. The Morgan fingerprint density at radius 3 is 1.38 bits per heavy atom. The molecule has 0 aromatic rings. The Hall–Kier alpha value is -3.66. The van der Waals surface area contributed by atoms with Crippen LogP contribution in [0.1, 0.15) is 62.3 Å². The van der Waals surface area contributed by atoms with Crippen LogP contribution in [0.3, 0.4) is 0 Å². The molecule has 0 aromatic carbocycles. The number of esters is 6. The van der Waals surface area contributed by atoms with Gasteiger partial charge < -0.3 is 76.2 Å². The summed E-state index contributed by atoms with van der Waals surface area (Å²) < 4.78 is 98.5. The van der Waals surface area contributed by atoms with Gasteiger partial charge in [-0.3, -0.25) is 38.2 Å². The van der Waals surface area contributed by atoms with Gasteiger partial charge in [-0.2, -0.15) is 0 Å². The molecule has 6 fully saturated rings. The molecule has 0 radical (unpaired) electrons. The van der Waals surface area contributed by atoms with E-state index in [1.165, 1.54) is 27.7 Å². The van der Waals surface area contributed by atoms with Gasteiger partial charge in [0.05, 0.1) is 6.61 Å². The molecule has 0 saturated carbocycles. The van der Waals surface area contributed by atoms with Crippen molar-refractivity contribution in [2.75, 3.05) is 19.8 Å². The van der Waals surface area contributed by atoms with E-state index in [4.69, 9.17) is 80.5 Å². The minimum atomic E-state index is -2.07. The van der Waals surface area contributed by atoms with Crippen LogP contribution in [0, 0.1) is 0 Å². The van der Waals surface area contributed by atoms with E-state index in [-0.39, 0.29) is 0 Å². The van der Waals surface area contributed by atoms with Crippen molar-refractivity contribution in [3.8, 4) is 0 Å². The lowest BCUT2D eigenvalue weighted by atomic mass is 9.98. The first-order chi connectivity index (χ1) is 28.1. The molecule has 6 saturated heterocycles. The molecule has 0 spiro atoms. The summed E-state index contributed by atoms with van der Waals surface area (Å²) in [5.41, 5.74) is 0. The molecule has 18 unspecified atom stereocenters. The minimum absolute atomic E-state index is 0.395. The monoisotopic (exact) mass is 866 g/mol. The van der Waals surface area contributed by atoms with E-state index in [9.17, 15) is 33.9 Å². The number of aliphatic hydroxyl groups excluding tert-OH is 1. The van der Waals surface area contributed by atoms with Crippen molar-refractivity contribution in [2.45, 2.75) is 173 Å². The van der Waals surface area contributed by atoms with Gasteiger partial charge in [0.25, 0.3) is 11.9 Å². The smallest absolute Gasteiger partial charge is 0.303 e. The van der Waals surface area contributed by atoms with E-state index in [1.54, 1.807) is 6.92 Å². The molecule has 6 rings (SSSR count). The van der Waals surface area contributed by atoms with Crippen LogP contribution in [0.5, 0.6) is 0 Å². The van der Waals surface area contributed by atoms with E-state index < -0.39 is 166 Å². The third-order valence-corrected chi connectivity index (χ3v) is 9.81. The van der Waals surface area contributed by atoms with E-state index in [1.807, 2.05) is 0 Å². The highest BCUT2D eigenvalue weighted by Gasteiger charge is 2.63. The van der Waals surface area contributed by atoms with Crippen molar-refractivity contribution in [3.05, 3.63) is 0 Å². The van der Waals surface area contributed by atoms with Gasteiger partial charge in [0, 0.05) is 55.4 Å². The molecular formula is C36H50O24. The molecule has 6 aliphatic rings. The molecule has 1 N–H and O–H groups in total. The number of hydrogen-bond donors (Lipinski definition) is 1. The first kappa shape index (κ1) is 45.9. The van der Waals surface area contributed by atoms with Crippen LogP contribution in [-0.4, -0.2) is 171 Å². The molecule has 60 heavy (non-hydrogen) atoms. The second-order valence-corrected chi connectivity index (χ2v) is 14.8. The molecule has 0 amide bonds. The quantitative estimate of drug-likeness (QED) is 0.167. The Morgan fingerprint density at radius 2 is 0.917 bits per heavy atom. The highest BCUT2D eigenvalue weighted by atomic mass is 17.0. The van der Waals surface area contributed by atoms with Crippen LogP contribution < -0.4 is 0 Å². The van der Waals surface area contributed by atoms with E-state index in [0.717, 1.165) is 27.7 Å². The Balaban J connectivity index is 1.18. The molecule has 0 bridgehead atoms. The molecule has 6 aliphatic heterocycles. The maximum Gasteiger partial charge on any atom is 0.303 e. The molecule has 6 heterocycles. The number of aliphatic hydroxyl groups is 1. The third kappa shape index (κ3) is 10.5. The zero-order valence-corrected chi connectivity index (χ0v) is 34.2. The summed E-state index contributed by atoms with van der Waals surface area (Å²) in [4.78, 5) is 71.9. The van der Waals surface area contributed by atoms with Crippen LogP contribution in [-0.2, 0) is 109 Å². The van der Waals surface area contributed by atoms with Gasteiger partial charge in [0.1, 0.15) is 49.8 Å². The van der Waals surface area contributed by atoms with Crippen molar-refractivity contribution in [1.82, 2.24) is 0 Å². The fraction of sp³-hybridized carbons (Fsp3) is 0.833. The van der Waals surface area contributed by atoms with E-state index in [2.05, 4.69) is 0 Å².